The van der Waals surface area contributed by atoms with Gasteiger partial charge in [0.2, 0.25) is 5.76 Å². The lowest BCUT2D eigenvalue weighted by molar-refractivity contribution is -0.142. The smallest absolute Gasteiger partial charge is 0.437 e. The van der Waals surface area contributed by atoms with Crippen molar-refractivity contribution in [2.75, 3.05) is 25.1 Å². The van der Waals surface area contributed by atoms with Gasteiger partial charge in [0.05, 0.1) is 7.11 Å². The predicted octanol–water partition coefficient (Wildman–Crippen LogP) is 8.12. The lowest BCUT2D eigenvalue weighted by Crippen LogP contribution is -2.33. The van der Waals surface area contributed by atoms with Crippen molar-refractivity contribution in [2.24, 2.45) is 5.92 Å². The highest BCUT2D eigenvalue weighted by atomic mass is 19.4. The van der Waals surface area contributed by atoms with Crippen LogP contribution in [0.2, 0.25) is 0 Å². The second-order valence-electron chi connectivity index (χ2n) is 11.9. The Morgan fingerprint density at radius 2 is 1.53 bits per heavy atom. The van der Waals surface area contributed by atoms with Crippen LogP contribution in [-0.4, -0.2) is 36.9 Å². The molecule has 230 valence electrons. The summed E-state index contributed by atoms with van der Waals surface area (Å²) < 4.78 is 51.8. The number of anilines is 1. The van der Waals surface area contributed by atoms with Crippen LogP contribution >= 0.6 is 0 Å². The number of carbonyl (C=O) groups excluding carboxylic acids is 2. The number of ketones is 1. The zero-order valence-corrected chi connectivity index (χ0v) is 24.6. The molecule has 0 spiro atoms. The van der Waals surface area contributed by atoms with Crippen LogP contribution in [0.5, 0.6) is 0 Å². The standard InChI is InChI=1S/C34H39F3N2O4/c1-42-30(41)22-24-12-16-27(17-13-24)26-14-10-23(11-15-26)6-5-9-29(40)31-32(34(35,36)37)38-33(43-31)39-20-18-28(19-21-39)25-7-3-2-4-8-25/h2-4,7-8,10-11,14-15,24,27-28H,5-6,9,12-13,16-22H2,1H3. The molecule has 1 saturated carbocycles. The molecule has 2 heterocycles. The normalized spacial score (nSPS) is 19.8. The van der Waals surface area contributed by atoms with Crippen LogP contribution in [0, 0.1) is 5.92 Å². The minimum Gasteiger partial charge on any atom is -0.469 e. The van der Waals surface area contributed by atoms with E-state index in [1.807, 2.05) is 30.3 Å². The van der Waals surface area contributed by atoms with E-state index in [-0.39, 0.29) is 18.4 Å². The average molecular weight is 597 g/mol. The fourth-order valence-electron chi connectivity index (χ4n) is 6.50. The molecule has 0 radical (unpaired) electrons. The molecule has 1 saturated heterocycles. The van der Waals surface area contributed by atoms with Gasteiger partial charge in [0.25, 0.3) is 6.01 Å². The van der Waals surface area contributed by atoms with Gasteiger partial charge in [-0.05, 0) is 85.8 Å². The zero-order valence-electron chi connectivity index (χ0n) is 24.6. The van der Waals surface area contributed by atoms with E-state index in [4.69, 9.17) is 9.15 Å². The fourth-order valence-corrected chi connectivity index (χ4v) is 6.50. The number of rotatable bonds is 10. The Balaban J connectivity index is 1.13. The number of hydrogen-bond donors (Lipinski definition) is 0. The Morgan fingerprint density at radius 3 is 2.16 bits per heavy atom. The maximum Gasteiger partial charge on any atom is 0.437 e. The molecular formula is C34H39F3N2O4. The molecule has 0 unspecified atom stereocenters. The molecule has 1 aromatic heterocycles. The summed E-state index contributed by atoms with van der Waals surface area (Å²) >= 11 is 0. The van der Waals surface area contributed by atoms with Crippen molar-refractivity contribution in [3.63, 3.8) is 0 Å². The number of alkyl halides is 3. The third-order valence-corrected chi connectivity index (χ3v) is 9.02. The quantitative estimate of drug-likeness (QED) is 0.174. The maximum absolute atomic E-state index is 13.8. The van der Waals surface area contributed by atoms with Crippen molar-refractivity contribution < 1.29 is 31.9 Å². The molecule has 2 fully saturated rings. The van der Waals surface area contributed by atoms with Crippen molar-refractivity contribution in [3.05, 3.63) is 82.7 Å². The number of halogens is 3. The SMILES string of the molecule is COC(=O)CC1CCC(c2ccc(CCCC(=O)c3oc(N4CCC(c5ccccc5)CC4)nc3C(F)(F)F)cc2)CC1. The first-order chi connectivity index (χ1) is 20.7. The summed E-state index contributed by atoms with van der Waals surface area (Å²) in [5.74, 6) is -0.348. The summed E-state index contributed by atoms with van der Waals surface area (Å²) in [4.78, 5) is 29.9. The molecule has 0 amide bonds. The van der Waals surface area contributed by atoms with Crippen molar-refractivity contribution in [2.45, 2.75) is 82.2 Å². The number of oxazole rings is 1. The number of nitrogens with zero attached hydrogens (tertiary/aromatic N) is 2. The van der Waals surface area contributed by atoms with Gasteiger partial charge in [-0.15, -0.1) is 0 Å². The fraction of sp³-hybridized carbons (Fsp3) is 0.500. The molecule has 2 aliphatic rings. The zero-order chi connectivity index (χ0) is 30.4. The highest BCUT2D eigenvalue weighted by Gasteiger charge is 2.42. The third-order valence-electron chi connectivity index (χ3n) is 9.02. The van der Waals surface area contributed by atoms with Crippen LogP contribution in [0.4, 0.5) is 19.2 Å². The molecule has 0 N–H and O–H groups in total. The third kappa shape index (κ3) is 7.86. The average Bonchev–Trinajstić information content (AvgIpc) is 3.49. The minimum absolute atomic E-state index is 0.0558. The summed E-state index contributed by atoms with van der Waals surface area (Å²) in [6, 6.07) is 18.2. The van der Waals surface area contributed by atoms with Crippen LogP contribution < -0.4 is 4.90 Å². The van der Waals surface area contributed by atoms with Crippen LogP contribution in [0.3, 0.4) is 0 Å². The van der Waals surface area contributed by atoms with Crippen LogP contribution in [0.25, 0.3) is 0 Å². The molecule has 0 bridgehead atoms. The van der Waals surface area contributed by atoms with Gasteiger partial charge in [-0.25, -0.2) is 0 Å². The highest BCUT2D eigenvalue weighted by molar-refractivity contribution is 5.94. The molecule has 5 rings (SSSR count). The Kier molecular flexibility index (Phi) is 9.88. The monoisotopic (exact) mass is 596 g/mol. The van der Waals surface area contributed by atoms with Crippen LogP contribution in [0.1, 0.15) is 103 Å². The topological polar surface area (TPSA) is 72.6 Å². The number of ether oxygens (including phenoxy) is 1. The number of carbonyl (C=O) groups is 2. The van der Waals surface area contributed by atoms with E-state index in [1.165, 1.54) is 18.2 Å². The van der Waals surface area contributed by atoms with Gasteiger partial charge in [-0.3, -0.25) is 9.59 Å². The van der Waals surface area contributed by atoms with Gasteiger partial charge in [-0.1, -0.05) is 54.6 Å². The van der Waals surface area contributed by atoms with E-state index in [0.29, 0.717) is 50.1 Å². The molecule has 0 atom stereocenters. The van der Waals surface area contributed by atoms with Gasteiger partial charge < -0.3 is 14.1 Å². The number of piperidine rings is 1. The van der Waals surface area contributed by atoms with E-state index < -0.39 is 23.4 Å². The Morgan fingerprint density at radius 1 is 0.907 bits per heavy atom. The van der Waals surface area contributed by atoms with Crippen molar-refractivity contribution in [3.8, 4) is 0 Å². The van der Waals surface area contributed by atoms with Crippen molar-refractivity contribution in [1.82, 2.24) is 4.98 Å². The Bertz CT molecular complexity index is 1350. The number of methoxy groups -OCH3 is 1. The van der Waals surface area contributed by atoms with Gasteiger partial charge in [-0.2, -0.15) is 18.2 Å². The van der Waals surface area contributed by atoms with Crippen molar-refractivity contribution in [1.29, 1.82) is 0 Å². The van der Waals surface area contributed by atoms with E-state index in [9.17, 15) is 22.8 Å². The lowest BCUT2D eigenvalue weighted by atomic mass is 9.77. The second kappa shape index (κ2) is 13.8. The number of benzene rings is 2. The van der Waals surface area contributed by atoms with Gasteiger partial charge in [0, 0.05) is 25.9 Å². The van der Waals surface area contributed by atoms with E-state index >= 15 is 0 Å². The molecule has 3 aromatic rings. The predicted molar refractivity (Wildman–Crippen MR) is 157 cm³/mol. The van der Waals surface area contributed by atoms with Gasteiger partial charge in [0.1, 0.15) is 0 Å². The second-order valence-corrected chi connectivity index (χ2v) is 11.9. The van der Waals surface area contributed by atoms with Crippen molar-refractivity contribution >= 4 is 17.8 Å². The molecule has 9 heteroatoms. The summed E-state index contributed by atoms with van der Waals surface area (Å²) in [7, 11) is 1.42. The first-order valence-electron chi connectivity index (χ1n) is 15.3. The summed E-state index contributed by atoms with van der Waals surface area (Å²) in [6.45, 7) is 1.02. The molecule has 1 aliphatic carbocycles. The van der Waals surface area contributed by atoms with Crippen LogP contribution in [-0.2, 0) is 22.1 Å². The number of aryl methyl sites for hydroxylation is 1. The Hall–Kier alpha value is -3.62. The molecular weight excluding hydrogens is 557 g/mol. The summed E-state index contributed by atoms with van der Waals surface area (Å²) in [6.07, 6.45) is 2.23. The molecule has 1 aliphatic heterocycles. The maximum atomic E-state index is 13.8. The number of hydrogen-bond acceptors (Lipinski definition) is 6. The van der Waals surface area contributed by atoms with Gasteiger partial charge >= 0.3 is 12.1 Å². The molecule has 2 aromatic carbocycles. The van der Waals surface area contributed by atoms with E-state index in [1.54, 1.807) is 4.90 Å². The van der Waals surface area contributed by atoms with Crippen LogP contribution in [0.15, 0.2) is 59.0 Å². The van der Waals surface area contributed by atoms with E-state index in [0.717, 1.165) is 44.1 Å². The largest absolute Gasteiger partial charge is 0.469 e. The van der Waals surface area contributed by atoms with E-state index in [2.05, 4.69) is 29.2 Å². The Labute approximate surface area is 250 Å². The minimum atomic E-state index is -4.77. The number of Topliss-reactive ketones (excluding diaryl/α,β-unsaturated/α-hetero) is 1. The molecule has 43 heavy (non-hydrogen) atoms. The lowest BCUT2D eigenvalue weighted by Gasteiger charge is -2.31. The highest BCUT2D eigenvalue weighted by Crippen LogP contribution is 2.38. The summed E-state index contributed by atoms with van der Waals surface area (Å²) in [5, 5.41) is 0. The summed E-state index contributed by atoms with van der Waals surface area (Å²) in [5.41, 5.74) is 2.28. The molecule has 6 nitrogen and oxygen atoms in total. The first-order valence-corrected chi connectivity index (χ1v) is 15.3. The number of aromatic nitrogens is 1. The first kappa shape index (κ1) is 30.8. The van der Waals surface area contributed by atoms with Gasteiger partial charge in [0.15, 0.2) is 11.5 Å². The number of esters is 1.